The van der Waals surface area contributed by atoms with E-state index in [2.05, 4.69) is 36.4 Å². The second-order valence-corrected chi connectivity index (χ2v) is 18.4. The number of benzene rings is 4. The molecule has 4 aromatic carbocycles. The van der Waals surface area contributed by atoms with Gasteiger partial charge in [0.25, 0.3) is 0 Å². The van der Waals surface area contributed by atoms with Crippen LogP contribution in [-0.2, 0) is 30.3 Å². The van der Waals surface area contributed by atoms with Crippen molar-refractivity contribution in [1.82, 2.24) is 0 Å². The van der Waals surface area contributed by atoms with Gasteiger partial charge in [0.05, 0.1) is 36.3 Å². The molecule has 4 saturated heterocycles. The van der Waals surface area contributed by atoms with Crippen LogP contribution >= 0.6 is 0 Å². The molecule has 12 rings (SSSR count). The van der Waals surface area contributed by atoms with E-state index in [0.717, 1.165) is 100 Å². The van der Waals surface area contributed by atoms with Gasteiger partial charge in [0.1, 0.15) is 23.0 Å². The van der Waals surface area contributed by atoms with E-state index in [1.807, 2.05) is 72.8 Å². The topological polar surface area (TPSA) is 112 Å². The van der Waals surface area contributed by atoms with Crippen molar-refractivity contribution in [1.29, 1.82) is 0 Å². The lowest BCUT2D eigenvalue weighted by Gasteiger charge is -2.53. The number of carboxylic acids is 2. The Morgan fingerprint density at radius 1 is 0.517 bits per heavy atom. The molecule has 4 atom stereocenters. The summed E-state index contributed by atoms with van der Waals surface area (Å²) in [5.41, 5.74) is 2.55. The predicted octanol–water partition coefficient (Wildman–Crippen LogP) is 11.5. The molecule has 0 radical (unpaired) electrons. The molecule has 8 nitrogen and oxygen atoms in total. The van der Waals surface area contributed by atoms with Gasteiger partial charge in [0, 0.05) is 0 Å². The van der Waals surface area contributed by atoms with Gasteiger partial charge in [0.2, 0.25) is 0 Å². The molecular formula is C50H56O8. The molecule has 8 aliphatic rings. The second kappa shape index (κ2) is 15.8. The first kappa shape index (κ1) is 38.8. The molecule has 4 aromatic rings. The first-order chi connectivity index (χ1) is 28.2. The van der Waals surface area contributed by atoms with Crippen LogP contribution in [0.3, 0.4) is 0 Å². The number of hydrogen-bond donors (Lipinski definition) is 2. The molecule has 8 fully saturated rings. The van der Waals surface area contributed by atoms with Crippen molar-refractivity contribution in [3.8, 4) is 23.0 Å². The molecule has 4 aliphatic heterocycles. The van der Waals surface area contributed by atoms with E-state index >= 15 is 0 Å². The summed E-state index contributed by atoms with van der Waals surface area (Å²) in [6.07, 6.45) is 14.8. The number of fused-ring (bicyclic) bond motifs is 6. The maximum absolute atomic E-state index is 11.1. The van der Waals surface area contributed by atoms with Crippen LogP contribution in [0.2, 0.25) is 0 Å². The van der Waals surface area contributed by atoms with E-state index in [9.17, 15) is 9.59 Å². The summed E-state index contributed by atoms with van der Waals surface area (Å²) in [6.45, 7) is 1.59. The fourth-order valence-corrected chi connectivity index (χ4v) is 10.6. The van der Waals surface area contributed by atoms with Crippen LogP contribution in [0, 0.1) is 34.5 Å². The van der Waals surface area contributed by atoms with Crippen LogP contribution in [0.4, 0.5) is 0 Å². The molecule has 4 heterocycles. The van der Waals surface area contributed by atoms with Crippen molar-refractivity contribution in [2.45, 2.75) is 101 Å². The largest absolute Gasteiger partial charge is 0.481 e. The van der Waals surface area contributed by atoms with Crippen molar-refractivity contribution in [2.75, 3.05) is 13.2 Å². The third kappa shape index (κ3) is 8.28. The van der Waals surface area contributed by atoms with Crippen molar-refractivity contribution in [3.63, 3.8) is 0 Å². The van der Waals surface area contributed by atoms with Gasteiger partial charge in [0.15, 0.2) is 0 Å². The molecule has 0 aromatic heterocycles. The summed E-state index contributed by atoms with van der Waals surface area (Å²) < 4.78 is 25.1. The highest BCUT2D eigenvalue weighted by atomic mass is 16.5. The van der Waals surface area contributed by atoms with Crippen LogP contribution in [0.1, 0.15) is 101 Å². The van der Waals surface area contributed by atoms with Gasteiger partial charge in [-0.2, -0.15) is 0 Å². The maximum atomic E-state index is 11.1. The summed E-state index contributed by atoms with van der Waals surface area (Å²) in [6, 6.07) is 36.4. The Morgan fingerprint density at radius 3 is 1.22 bits per heavy atom. The number of ether oxygens (including phenoxy) is 4. The lowest BCUT2D eigenvalue weighted by atomic mass is 9.62. The monoisotopic (exact) mass is 784 g/mol. The maximum Gasteiger partial charge on any atom is 0.306 e. The zero-order valence-corrected chi connectivity index (χ0v) is 33.4. The van der Waals surface area contributed by atoms with Crippen molar-refractivity contribution < 1.29 is 38.7 Å². The Bertz CT molecular complexity index is 1880. The first-order valence-corrected chi connectivity index (χ1v) is 21.6. The van der Waals surface area contributed by atoms with E-state index in [1.165, 1.54) is 36.8 Å². The Hall–Kier alpha value is -4.66. The zero-order valence-electron chi connectivity index (χ0n) is 33.4. The van der Waals surface area contributed by atoms with Gasteiger partial charge in [-0.1, -0.05) is 60.7 Å². The third-order valence-corrected chi connectivity index (χ3v) is 14.8. The van der Waals surface area contributed by atoms with E-state index in [-0.39, 0.29) is 33.9 Å². The lowest BCUT2D eigenvalue weighted by molar-refractivity contribution is -0.192. The number of para-hydroxylation sites is 2. The molecule has 0 unspecified atom stereocenters. The Labute approximate surface area is 341 Å². The average Bonchev–Trinajstić information content (AvgIpc) is 4.21. The minimum atomic E-state index is -0.618. The van der Waals surface area contributed by atoms with Crippen LogP contribution in [-0.4, -0.2) is 35.4 Å². The van der Waals surface area contributed by atoms with Crippen LogP contribution in [0.15, 0.2) is 109 Å². The molecule has 4 aliphatic carbocycles. The average molecular weight is 785 g/mol. The van der Waals surface area contributed by atoms with Gasteiger partial charge in [-0.15, -0.1) is 0 Å². The summed E-state index contributed by atoms with van der Waals surface area (Å²) in [5, 5.41) is 18.3. The van der Waals surface area contributed by atoms with Crippen LogP contribution < -0.4 is 9.47 Å². The Balaban J connectivity index is 0.000000150. The van der Waals surface area contributed by atoms with E-state index < -0.39 is 11.9 Å². The fourth-order valence-electron chi connectivity index (χ4n) is 10.6. The van der Waals surface area contributed by atoms with Gasteiger partial charge < -0.3 is 29.2 Å². The molecule has 0 amide bonds. The normalized spacial score (nSPS) is 32.7. The molecule has 8 heteroatoms. The van der Waals surface area contributed by atoms with E-state index in [0.29, 0.717) is 11.8 Å². The quantitative estimate of drug-likeness (QED) is 0.130. The number of hydrogen-bond acceptors (Lipinski definition) is 6. The number of carboxylic acid groups (broad SMARTS) is 2. The minimum Gasteiger partial charge on any atom is -0.481 e. The van der Waals surface area contributed by atoms with Crippen molar-refractivity contribution >= 4 is 11.9 Å². The summed E-state index contributed by atoms with van der Waals surface area (Å²) >= 11 is 0. The number of aliphatic carboxylic acids is 2. The Morgan fingerprint density at radius 2 is 0.897 bits per heavy atom. The molecule has 2 N–H and O–H groups in total. The second-order valence-electron chi connectivity index (χ2n) is 18.4. The number of rotatable bonds is 14. The van der Waals surface area contributed by atoms with Crippen LogP contribution in [0.5, 0.6) is 23.0 Å². The molecule has 4 bridgehead atoms. The van der Waals surface area contributed by atoms with Crippen LogP contribution in [0.25, 0.3) is 0 Å². The van der Waals surface area contributed by atoms with Crippen molar-refractivity contribution in [3.05, 3.63) is 120 Å². The van der Waals surface area contributed by atoms with Gasteiger partial charge >= 0.3 is 11.9 Å². The molecule has 304 valence electrons. The van der Waals surface area contributed by atoms with Gasteiger partial charge in [-0.05, 0) is 172 Å². The summed E-state index contributed by atoms with van der Waals surface area (Å²) in [7, 11) is 0. The highest BCUT2D eigenvalue weighted by molar-refractivity contribution is 5.73. The predicted molar refractivity (Wildman–Crippen MR) is 220 cm³/mol. The zero-order chi connectivity index (χ0) is 39.8. The fraction of sp³-hybridized carbons (Fsp3) is 0.480. The number of carbonyl (C=O) groups is 2. The standard InChI is InChI=1S/2C25H28O4/c2*26-23(27)22-15-18(22)9-10-24-11-13-25(14-12-24,28-17-24)19-5-4-8-21(16-19)29-20-6-2-1-3-7-20/h2*1-8,16,18,22H,9-15,17H2,(H,26,27)/t2*18-,22-,24?,25?/m10/s1. The molecule has 0 spiro atoms. The van der Waals surface area contributed by atoms with E-state index in [4.69, 9.17) is 29.2 Å². The van der Waals surface area contributed by atoms with Gasteiger partial charge in [-0.3, -0.25) is 9.59 Å². The molecular weight excluding hydrogens is 729 g/mol. The SMILES string of the molecule is O=C(O)[C@@H]1C[C@H]1CCC12CCC(c3cccc(Oc4ccccc4)c3)(CC1)OC2.O=C(O)[C@H]1C[C@@H]1CCC12CCC(c3cccc(Oc4ccccc4)c3)(CC1)OC2. The summed E-state index contributed by atoms with van der Waals surface area (Å²) in [5.74, 6) is 2.75. The van der Waals surface area contributed by atoms with Crippen molar-refractivity contribution in [2.24, 2.45) is 34.5 Å². The highest BCUT2D eigenvalue weighted by Gasteiger charge is 2.53. The third-order valence-electron chi connectivity index (χ3n) is 14.8. The lowest BCUT2D eigenvalue weighted by Crippen LogP contribution is -2.49. The van der Waals surface area contributed by atoms with E-state index in [1.54, 1.807) is 0 Å². The van der Waals surface area contributed by atoms with Gasteiger partial charge in [-0.25, -0.2) is 0 Å². The molecule has 4 saturated carbocycles. The minimum absolute atomic E-state index is 0.0917. The first-order valence-electron chi connectivity index (χ1n) is 21.6. The molecule has 58 heavy (non-hydrogen) atoms. The smallest absolute Gasteiger partial charge is 0.306 e. The highest BCUT2D eigenvalue weighted by Crippen LogP contribution is 2.59. The Kier molecular flexibility index (Phi) is 10.6. The summed E-state index contributed by atoms with van der Waals surface area (Å²) in [4.78, 5) is 22.2.